The zero-order valence-corrected chi connectivity index (χ0v) is 29.1. The molecule has 0 spiro atoms. The summed E-state index contributed by atoms with van der Waals surface area (Å²) in [5, 5.41) is 4.14. The summed E-state index contributed by atoms with van der Waals surface area (Å²) in [6.45, 7) is 10.9. The van der Waals surface area contributed by atoms with E-state index in [2.05, 4.69) is 10.0 Å². The topological polar surface area (TPSA) is 124 Å². The molecule has 1 amide bonds. The number of amides is 1. The molecule has 1 atom stereocenters. The van der Waals surface area contributed by atoms with Gasteiger partial charge in [-0.05, 0) is 97.3 Å². The molecule has 3 aromatic rings. The van der Waals surface area contributed by atoms with Crippen molar-refractivity contribution in [2.45, 2.75) is 120 Å². The highest BCUT2D eigenvalue weighted by Gasteiger charge is 2.51. The van der Waals surface area contributed by atoms with Crippen LogP contribution in [0.4, 0.5) is 4.79 Å². The second kappa shape index (κ2) is 13.1. The van der Waals surface area contributed by atoms with Crippen LogP contribution in [0.2, 0.25) is 0 Å². The monoisotopic (exact) mass is 667 g/mol. The Morgan fingerprint density at radius 1 is 0.957 bits per heavy atom. The number of nitrogens with one attached hydrogen (secondary N) is 2. The SMILES string of the molecule is CC(C)OC(=O)NC12CCC(c3ncc(-c4ccc(CC(=O)O[C@@H](C)c5ccccc5)cc4S(=O)(=O)NC(C)(C)C)s3)(CC1)CC2. The summed E-state index contributed by atoms with van der Waals surface area (Å²) in [5.41, 5.74) is 0.924. The van der Waals surface area contributed by atoms with E-state index in [9.17, 15) is 18.0 Å². The Bertz CT molecular complexity index is 1650. The molecule has 0 saturated heterocycles. The van der Waals surface area contributed by atoms with Gasteiger partial charge in [0.15, 0.2) is 0 Å². The molecule has 2 bridgehead atoms. The van der Waals surface area contributed by atoms with Gasteiger partial charge in [-0.15, -0.1) is 11.3 Å². The van der Waals surface area contributed by atoms with Crippen LogP contribution in [0, 0.1) is 0 Å². The Balaban J connectivity index is 1.38. The number of aromatic nitrogens is 1. The van der Waals surface area contributed by atoms with Gasteiger partial charge >= 0.3 is 12.1 Å². The van der Waals surface area contributed by atoms with Gasteiger partial charge < -0.3 is 14.8 Å². The van der Waals surface area contributed by atoms with E-state index in [0.717, 1.165) is 54.0 Å². The maximum Gasteiger partial charge on any atom is 0.407 e. The van der Waals surface area contributed by atoms with E-state index in [4.69, 9.17) is 14.5 Å². The van der Waals surface area contributed by atoms with Gasteiger partial charge in [-0.1, -0.05) is 42.5 Å². The highest BCUT2D eigenvalue weighted by molar-refractivity contribution is 7.89. The van der Waals surface area contributed by atoms with Crippen molar-refractivity contribution < 1.29 is 27.5 Å². The number of benzene rings is 2. The molecule has 11 heteroatoms. The molecule has 3 aliphatic carbocycles. The first-order valence-electron chi connectivity index (χ1n) is 16.0. The number of alkyl carbamates (subject to hydrolysis) is 1. The van der Waals surface area contributed by atoms with Crippen LogP contribution < -0.4 is 10.0 Å². The lowest BCUT2D eigenvalue weighted by Crippen LogP contribution is -2.58. The van der Waals surface area contributed by atoms with Crippen LogP contribution >= 0.6 is 11.3 Å². The Kier molecular flexibility index (Phi) is 9.69. The lowest BCUT2D eigenvalue weighted by atomic mass is 9.57. The van der Waals surface area contributed by atoms with Gasteiger partial charge in [-0.25, -0.2) is 22.9 Å². The Hall–Kier alpha value is -3.28. The van der Waals surface area contributed by atoms with Gasteiger partial charge in [0.25, 0.3) is 0 Å². The smallest absolute Gasteiger partial charge is 0.407 e. The predicted octanol–water partition coefficient (Wildman–Crippen LogP) is 7.21. The van der Waals surface area contributed by atoms with Gasteiger partial charge in [0.1, 0.15) is 6.10 Å². The molecule has 0 unspecified atom stereocenters. The molecule has 3 aliphatic rings. The molecule has 46 heavy (non-hydrogen) atoms. The molecule has 0 aliphatic heterocycles. The second-order valence-electron chi connectivity index (χ2n) is 14.1. The Labute approximate surface area is 276 Å². The minimum absolute atomic E-state index is 0.0625. The maximum atomic E-state index is 13.8. The fraction of sp³-hybridized carbons (Fsp3) is 0.514. The van der Waals surface area contributed by atoms with Crippen molar-refractivity contribution in [3.05, 3.63) is 70.9 Å². The predicted molar refractivity (Wildman–Crippen MR) is 179 cm³/mol. The first kappa shape index (κ1) is 34.1. The van der Waals surface area contributed by atoms with Crippen molar-refractivity contribution >= 4 is 33.4 Å². The van der Waals surface area contributed by atoms with Crippen LogP contribution in [0.3, 0.4) is 0 Å². The summed E-state index contributed by atoms with van der Waals surface area (Å²) in [7, 11) is -3.95. The largest absolute Gasteiger partial charge is 0.458 e. The van der Waals surface area contributed by atoms with Crippen molar-refractivity contribution in [3.8, 4) is 10.4 Å². The summed E-state index contributed by atoms with van der Waals surface area (Å²) in [5.74, 6) is -0.437. The van der Waals surface area contributed by atoms with Gasteiger partial charge in [-0.2, -0.15) is 0 Å². The molecule has 1 heterocycles. The number of rotatable bonds is 10. The fourth-order valence-electron chi connectivity index (χ4n) is 6.56. The highest BCUT2D eigenvalue weighted by atomic mass is 32.2. The van der Waals surface area contributed by atoms with E-state index < -0.39 is 27.6 Å². The Morgan fingerprint density at radius 2 is 1.61 bits per heavy atom. The van der Waals surface area contributed by atoms with E-state index in [1.165, 1.54) is 11.3 Å². The number of ether oxygens (including phenoxy) is 2. The third-order valence-electron chi connectivity index (χ3n) is 8.88. The van der Waals surface area contributed by atoms with E-state index in [1.807, 2.05) is 51.1 Å². The molecule has 3 fully saturated rings. The molecular weight excluding hydrogens is 623 g/mol. The van der Waals surface area contributed by atoms with E-state index >= 15 is 0 Å². The highest BCUT2D eigenvalue weighted by Crippen LogP contribution is 2.55. The molecule has 6 rings (SSSR count). The van der Waals surface area contributed by atoms with Crippen molar-refractivity contribution in [3.63, 3.8) is 0 Å². The van der Waals surface area contributed by atoms with Crippen molar-refractivity contribution in [1.82, 2.24) is 15.0 Å². The number of fused-ring (bicyclic) bond motifs is 3. The summed E-state index contributed by atoms with van der Waals surface area (Å²) in [6, 6.07) is 14.6. The van der Waals surface area contributed by atoms with Crippen LogP contribution in [0.25, 0.3) is 10.4 Å². The minimum atomic E-state index is -3.95. The minimum Gasteiger partial charge on any atom is -0.458 e. The van der Waals surface area contributed by atoms with Gasteiger partial charge in [0.05, 0.1) is 27.3 Å². The average Bonchev–Trinajstić information content (AvgIpc) is 3.48. The first-order chi connectivity index (χ1) is 21.6. The summed E-state index contributed by atoms with van der Waals surface area (Å²) in [4.78, 5) is 31.0. The van der Waals surface area contributed by atoms with Gasteiger partial charge in [0, 0.05) is 28.3 Å². The molecule has 0 radical (unpaired) electrons. The van der Waals surface area contributed by atoms with Crippen LogP contribution in [-0.2, 0) is 36.1 Å². The van der Waals surface area contributed by atoms with Crippen molar-refractivity contribution in [1.29, 1.82) is 0 Å². The fourth-order valence-corrected chi connectivity index (χ4v) is 9.54. The third kappa shape index (κ3) is 7.81. The van der Waals surface area contributed by atoms with Crippen LogP contribution in [0.5, 0.6) is 0 Å². The summed E-state index contributed by atoms with van der Waals surface area (Å²) in [6.07, 6.45) is 5.95. The first-order valence-corrected chi connectivity index (χ1v) is 18.3. The Morgan fingerprint density at radius 3 is 2.22 bits per heavy atom. The zero-order valence-electron chi connectivity index (χ0n) is 27.5. The quantitative estimate of drug-likeness (QED) is 0.219. The number of carbonyl (C=O) groups is 2. The van der Waals surface area contributed by atoms with E-state index in [-0.39, 0.29) is 34.5 Å². The van der Waals surface area contributed by atoms with Crippen molar-refractivity contribution in [2.24, 2.45) is 0 Å². The normalized spacial score (nSPS) is 22.0. The summed E-state index contributed by atoms with van der Waals surface area (Å²) >= 11 is 1.53. The molecule has 3 saturated carbocycles. The van der Waals surface area contributed by atoms with Gasteiger partial charge in [0.2, 0.25) is 10.0 Å². The second-order valence-corrected chi connectivity index (χ2v) is 16.8. The molecule has 9 nitrogen and oxygen atoms in total. The zero-order chi connectivity index (χ0) is 33.3. The number of hydrogen-bond donors (Lipinski definition) is 2. The standard InChI is InChI=1S/C35H45N3O6S2/c1-23(2)43-32(40)37-35-17-14-34(15-18-35,16-19-35)31-36-22-28(45-31)27-13-12-25(20-29(27)46(41,42)38-33(4,5)6)21-30(39)44-24(3)26-10-8-7-9-11-26/h7-13,20,22-24,38H,14-19,21H2,1-6H3,(H,37,40)/t24-,34?,35?/m0/s1. The lowest BCUT2D eigenvalue weighted by Gasteiger charge is -2.52. The van der Waals surface area contributed by atoms with E-state index in [0.29, 0.717) is 11.1 Å². The average molecular weight is 668 g/mol. The third-order valence-corrected chi connectivity index (χ3v) is 12.0. The molecule has 248 valence electrons. The summed E-state index contributed by atoms with van der Waals surface area (Å²) < 4.78 is 41.4. The number of esters is 1. The number of nitrogens with zero attached hydrogens (tertiary/aromatic N) is 1. The molecule has 1 aromatic heterocycles. The molecular formula is C35H45N3O6S2. The molecule has 2 aromatic carbocycles. The van der Waals surface area contributed by atoms with E-state index in [1.54, 1.807) is 45.2 Å². The van der Waals surface area contributed by atoms with Crippen LogP contribution in [0.1, 0.15) is 102 Å². The number of hydrogen-bond acceptors (Lipinski definition) is 8. The van der Waals surface area contributed by atoms with Crippen LogP contribution in [-0.4, -0.2) is 42.6 Å². The lowest BCUT2D eigenvalue weighted by molar-refractivity contribution is -0.147. The maximum absolute atomic E-state index is 13.8. The van der Waals surface area contributed by atoms with Crippen molar-refractivity contribution in [2.75, 3.05) is 0 Å². The number of carbonyl (C=O) groups excluding carboxylic acids is 2. The number of thiazole rings is 1. The number of sulfonamides is 1. The van der Waals surface area contributed by atoms with Gasteiger partial charge in [-0.3, -0.25) is 4.79 Å². The van der Waals surface area contributed by atoms with Crippen LogP contribution in [0.15, 0.2) is 59.6 Å². The molecule has 2 N–H and O–H groups in total.